The van der Waals surface area contributed by atoms with E-state index in [1.807, 2.05) is 17.0 Å². The zero-order valence-electron chi connectivity index (χ0n) is 25.2. The van der Waals surface area contributed by atoms with E-state index in [0.29, 0.717) is 5.92 Å². The Morgan fingerprint density at radius 1 is 1.07 bits per heavy atom. The number of ether oxygens (including phenoxy) is 1. The maximum Gasteiger partial charge on any atom is 0.219 e. The molecular weight excluding hydrogens is 534 g/mol. The SMILES string of the molecule is [CH2][CH]N([CH][CH2])c1ccc(-c2nc3cc(C(CC(N)=O)NCC4CCCCC4)ccc3n2CCc2ccc(OC)cc2)cc1. The van der Waals surface area contributed by atoms with Gasteiger partial charge in [-0.05, 0) is 105 Å². The van der Waals surface area contributed by atoms with E-state index < -0.39 is 0 Å². The number of methoxy groups -OCH3 is 1. The lowest BCUT2D eigenvalue weighted by molar-refractivity contribution is -0.118. The van der Waals surface area contributed by atoms with Gasteiger partial charge in [-0.25, -0.2) is 4.98 Å². The number of nitrogens with one attached hydrogen (secondary N) is 1. The number of hydrogen-bond acceptors (Lipinski definition) is 5. The molecule has 3 N–H and O–H groups in total. The Hall–Kier alpha value is -3.84. The van der Waals surface area contributed by atoms with Gasteiger partial charge in [0, 0.05) is 43.3 Å². The van der Waals surface area contributed by atoms with Gasteiger partial charge in [0.25, 0.3) is 0 Å². The predicted octanol–water partition coefficient (Wildman–Crippen LogP) is 6.84. The highest BCUT2D eigenvalue weighted by atomic mass is 16.5. The number of primary amides is 1. The number of fused-ring (bicyclic) bond motifs is 1. The number of nitrogens with zero attached hydrogens (tertiary/aromatic N) is 3. The first-order valence-corrected chi connectivity index (χ1v) is 15.3. The number of carbonyl (C=O) groups is 1. The minimum Gasteiger partial charge on any atom is -0.497 e. The topological polar surface area (TPSA) is 85.4 Å². The van der Waals surface area contributed by atoms with E-state index >= 15 is 0 Å². The molecule has 1 atom stereocenters. The molecule has 0 spiro atoms. The number of rotatable bonds is 14. The fourth-order valence-electron chi connectivity index (χ4n) is 6.12. The zero-order chi connectivity index (χ0) is 30.2. The quantitative estimate of drug-likeness (QED) is 0.171. The van der Waals surface area contributed by atoms with Crippen LogP contribution in [-0.4, -0.2) is 29.1 Å². The summed E-state index contributed by atoms with van der Waals surface area (Å²) in [5.74, 6) is 2.09. The van der Waals surface area contributed by atoms with Crippen LogP contribution in [0.2, 0.25) is 0 Å². The van der Waals surface area contributed by atoms with Gasteiger partial charge in [0.1, 0.15) is 11.6 Å². The lowest BCUT2D eigenvalue weighted by Crippen LogP contribution is -2.31. The molecule has 1 aromatic heterocycles. The van der Waals surface area contributed by atoms with Gasteiger partial charge in [-0.15, -0.1) is 0 Å². The van der Waals surface area contributed by atoms with Crippen molar-refractivity contribution in [1.82, 2.24) is 14.9 Å². The second-order valence-electron chi connectivity index (χ2n) is 11.4. The van der Waals surface area contributed by atoms with Crippen LogP contribution in [0.1, 0.15) is 55.7 Å². The van der Waals surface area contributed by atoms with Crippen LogP contribution >= 0.6 is 0 Å². The molecule has 4 aromatic rings. The molecule has 1 saturated carbocycles. The molecule has 5 rings (SSSR count). The van der Waals surface area contributed by atoms with E-state index in [-0.39, 0.29) is 18.4 Å². The minimum atomic E-state index is -0.305. The Balaban J connectivity index is 1.47. The Morgan fingerprint density at radius 3 is 2.44 bits per heavy atom. The van der Waals surface area contributed by atoms with E-state index in [9.17, 15) is 4.79 Å². The van der Waals surface area contributed by atoms with Crippen molar-refractivity contribution in [3.05, 3.63) is 105 Å². The van der Waals surface area contributed by atoms with Gasteiger partial charge in [-0.3, -0.25) is 4.79 Å². The molecule has 1 unspecified atom stereocenters. The highest BCUT2D eigenvalue weighted by Crippen LogP contribution is 2.31. The fourth-order valence-corrected chi connectivity index (χ4v) is 6.12. The minimum absolute atomic E-state index is 0.139. The van der Waals surface area contributed by atoms with E-state index in [1.54, 1.807) is 20.2 Å². The summed E-state index contributed by atoms with van der Waals surface area (Å²) < 4.78 is 7.63. The van der Waals surface area contributed by atoms with Crippen molar-refractivity contribution in [2.24, 2.45) is 11.7 Å². The average Bonchev–Trinajstić information content (AvgIpc) is 3.41. The van der Waals surface area contributed by atoms with Crippen molar-refractivity contribution in [2.45, 2.75) is 57.5 Å². The number of benzene rings is 3. The van der Waals surface area contributed by atoms with Gasteiger partial charge >= 0.3 is 0 Å². The van der Waals surface area contributed by atoms with Gasteiger partial charge in [-0.1, -0.05) is 37.5 Å². The number of amides is 1. The van der Waals surface area contributed by atoms with Crippen molar-refractivity contribution in [3.63, 3.8) is 0 Å². The van der Waals surface area contributed by atoms with E-state index in [4.69, 9.17) is 15.5 Å². The second kappa shape index (κ2) is 14.6. The molecule has 1 fully saturated rings. The average molecular weight is 578 g/mol. The number of nitrogens with two attached hydrogens (primary N) is 1. The predicted molar refractivity (Wildman–Crippen MR) is 175 cm³/mol. The highest BCUT2D eigenvalue weighted by molar-refractivity contribution is 5.82. The molecule has 43 heavy (non-hydrogen) atoms. The van der Waals surface area contributed by atoms with Gasteiger partial charge < -0.3 is 25.3 Å². The van der Waals surface area contributed by atoms with Crippen LogP contribution in [0, 0.1) is 32.9 Å². The Bertz CT molecular complexity index is 1470. The van der Waals surface area contributed by atoms with Crippen LogP contribution < -0.4 is 20.7 Å². The number of imidazole rings is 1. The van der Waals surface area contributed by atoms with Gasteiger partial charge in [0.05, 0.1) is 18.1 Å². The molecule has 7 nitrogen and oxygen atoms in total. The maximum atomic E-state index is 12.1. The van der Waals surface area contributed by atoms with Crippen LogP contribution in [0.15, 0.2) is 66.7 Å². The Kier molecular flexibility index (Phi) is 10.4. The highest BCUT2D eigenvalue weighted by Gasteiger charge is 2.21. The molecule has 1 aliphatic carbocycles. The van der Waals surface area contributed by atoms with Crippen molar-refractivity contribution in [3.8, 4) is 17.1 Å². The molecule has 3 aromatic carbocycles. The molecule has 224 valence electrons. The van der Waals surface area contributed by atoms with E-state index in [2.05, 4.69) is 78.3 Å². The first kappa shape index (κ1) is 30.6. The lowest BCUT2D eigenvalue weighted by Gasteiger charge is -2.25. The Morgan fingerprint density at radius 2 is 1.79 bits per heavy atom. The van der Waals surface area contributed by atoms with Crippen molar-refractivity contribution >= 4 is 22.6 Å². The van der Waals surface area contributed by atoms with Gasteiger partial charge in [-0.2, -0.15) is 0 Å². The van der Waals surface area contributed by atoms with Crippen molar-refractivity contribution in [1.29, 1.82) is 0 Å². The zero-order valence-corrected chi connectivity index (χ0v) is 25.2. The third-order valence-electron chi connectivity index (χ3n) is 8.56. The molecule has 1 heterocycles. The third-order valence-corrected chi connectivity index (χ3v) is 8.56. The second-order valence-corrected chi connectivity index (χ2v) is 11.4. The summed E-state index contributed by atoms with van der Waals surface area (Å²) in [6, 6.07) is 22.7. The van der Waals surface area contributed by atoms with Crippen LogP contribution in [0.5, 0.6) is 5.75 Å². The summed E-state index contributed by atoms with van der Waals surface area (Å²) in [4.78, 5) is 19.1. The molecule has 1 aliphatic rings. The van der Waals surface area contributed by atoms with Gasteiger partial charge in [0.15, 0.2) is 0 Å². The monoisotopic (exact) mass is 577 g/mol. The largest absolute Gasteiger partial charge is 0.497 e. The summed E-state index contributed by atoms with van der Waals surface area (Å²) in [6.07, 6.45) is 7.49. The van der Waals surface area contributed by atoms with E-state index in [1.165, 1.54) is 37.7 Å². The summed E-state index contributed by atoms with van der Waals surface area (Å²) in [5.41, 5.74) is 11.9. The number of carbonyl (C=O) groups excluding carboxylic acids is 1. The molecule has 0 bridgehead atoms. The fraction of sp³-hybridized carbons (Fsp3) is 0.333. The number of aromatic nitrogens is 2. The first-order chi connectivity index (χ1) is 21.0. The smallest absolute Gasteiger partial charge is 0.219 e. The van der Waals surface area contributed by atoms with Crippen LogP contribution in [0.25, 0.3) is 22.4 Å². The molecule has 0 aliphatic heterocycles. The standard InChI is InChI=1S/C36H43N5O2/c1-4-40(5-2)30-16-13-28(14-17-30)36-39-33-23-29(32(24-35(37)42)38-25-27-9-7-6-8-10-27)15-20-34(33)41(36)22-21-26-11-18-31(43-3)19-12-26/h4-5,11-20,23,27,32,38H,1-2,6-10,21-22,24-25H2,3H3,(H2,37,42). The van der Waals surface area contributed by atoms with Crippen molar-refractivity contribution in [2.75, 3.05) is 18.6 Å². The summed E-state index contributed by atoms with van der Waals surface area (Å²) in [7, 11) is 1.68. The molecular formula is C36H43N5O2. The van der Waals surface area contributed by atoms with Crippen LogP contribution in [0.4, 0.5) is 5.69 Å². The molecule has 7 heteroatoms. The summed E-state index contributed by atoms with van der Waals surface area (Å²) >= 11 is 0. The third kappa shape index (κ3) is 7.57. The van der Waals surface area contributed by atoms with Gasteiger partial charge in [0.2, 0.25) is 5.91 Å². The summed E-state index contributed by atoms with van der Waals surface area (Å²) in [6.45, 7) is 12.9. The molecule has 0 saturated heterocycles. The Labute approximate surface area is 256 Å². The van der Waals surface area contributed by atoms with Crippen molar-refractivity contribution < 1.29 is 9.53 Å². The number of aryl methyl sites for hydroxylation is 2. The van der Waals surface area contributed by atoms with Crippen LogP contribution in [0.3, 0.4) is 0 Å². The lowest BCUT2D eigenvalue weighted by atomic mass is 9.89. The molecule has 1 amide bonds. The normalized spacial score (nSPS) is 14.6. The van der Waals surface area contributed by atoms with E-state index in [0.717, 1.165) is 58.9 Å². The molecule has 4 radical (unpaired) electrons. The maximum absolute atomic E-state index is 12.1. The number of anilines is 1. The summed E-state index contributed by atoms with van der Waals surface area (Å²) in [5, 5.41) is 3.67. The first-order valence-electron chi connectivity index (χ1n) is 15.3. The van der Waals surface area contributed by atoms with Crippen LogP contribution in [-0.2, 0) is 17.8 Å². The number of hydrogen-bond donors (Lipinski definition) is 2.